The molecule has 0 aromatic carbocycles. The van der Waals surface area contributed by atoms with Crippen LogP contribution in [0, 0.1) is 0 Å². The molecule has 0 spiro atoms. The standard InChI is InChI=1S/C10H13N3O2/c1-5(2)9-7-4-11-8(14)3-6(7)10(15)13-12-9/h5H,3-4H2,1-2H3,(H,11,14)(H,13,15). The van der Waals surface area contributed by atoms with Gasteiger partial charge in [0.25, 0.3) is 5.56 Å². The van der Waals surface area contributed by atoms with Gasteiger partial charge in [0.05, 0.1) is 12.1 Å². The van der Waals surface area contributed by atoms with E-state index in [1.54, 1.807) is 0 Å². The van der Waals surface area contributed by atoms with Crippen LogP contribution in [0.1, 0.15) is 36.6 Å². The van der Waals surface area contributed by atoms with Crippen LogP contribution in [0.15, 0.2) is 4.79 Å². The summed E-state index contributed by atoms with van der Waals surface area (Å²) in [5, 5.41) is 9.20. The van der Waals surface area contributed by atoms with E-state index in [0.717, 1.165) is 11.3 Å². The van der Waals surface area contributed by atoms with E-state index < -0.39 is 0 Å². The molecule has 1 aliphatic rings. The zero-order chi connectivity index (χ0) is 11.0. The van der Waals surface area contributed by atoms with Crippen LogP contribution in [-0.2, 0) is 17.8 Å². The first-order valence-corrected chi connectivity index (χ1v) is 4.96. The minimum Gasteiger partial charge on any atom is -0.352 e. The van der Waals surface area contributed by atoms with Crippen molar-refractivity contribution in [3.8, 4) is 0 Å². The second kappa shape index (κ2) is 3.49. The average Bonchev–Trinajstić information content (AvgIpc) is 2.19. The van der Waals surface area contributed by atoms with Crippen LogP contribution in [0.4, 0.5) is 0 Å². The van der Waals surface area contributed by atoms with E-state index in [2.05, 4.69) is 15.5 Å². The predicted molar refractivity (Wildman–Crippen MR) is 54.5 cm³/mol. The van der Waals surface area contributed by atoms with Crippen LogP contribution in [-0.4, -0.2) is 16.1 Å². The quantitative estimate of drug-likeness (QED) is 0.684. The van der Waals surface area contributed by atoms with Gasteiger partial charge in [-0.05, 0) is 5.92 Å². The number of carbonyl (C=O) groups is 1. The fourth-order valence-corrected chi connectivity index (χ4v) is 1.81. The molecule has 80 valence electrons. The lowest BCUT2D eigenvalue weighted by molar-refractivity contribution is -0.121. The monoisotopic (exact) mass is 207 g/mol. The fourth-order valence-electron chi connectivity index (χ4n) is 1.81. The van der Waals surface area contributed by atoms with Gasteiger partial charge in [0.2, 0.25) is 5.91 Å². The molecule has 0 saturated heterocycles. The minimum absolute atomic E-state index is 0.103. The molecule has 1 aromatic rings. The maximum Gasteiger partial charge on any atom is 0.268 e. The minimum atomic E-state index is -0.246. The Balaban J connectivity index is 2.60. The first kappa shape index (κ1) is 9.89. The molecule has 2 N–H and O–H groups in total. The van der Waals surface area contributed by atoms with Gasteiger partial charge in [-0.3, -0.25) is 9.59 Å². The van der Waals surface area contributed by atoms with Gasteiger partial charge in [0.1, 0.15) is 0 Å². The number of aromatic nitrogens is 2. The van der Waals surface area contributed by atoms with E-state index in [9.17, 15) is 9.59 Å². The first-order chi connectivity index (χ1) is 7.09. The molecule has 0 bridgehead atoms. The number of amides is 1. The van der Waals surface area contributed by atoms with E-state index in [1.165, 1.54) is 0 Å². The first-order valence-electron chi connectivity index (χ1n) is 4.96. The Morgan fingerprint density at radius 2 is 2.00 bits per heavy atom. The third-order valence-electron chi connectivity index (χ3n) is 2.57. The Bertz CT molecular complexity index is 462. The molecule has 1 aromatic heterocycles. The summed E-state index contributed by atoms with van der Waals surface area (Å²) in [5.74, 6) is 0.138. The zero-order valence-electron chi connectivity index (χ0n) is 8.76. The number of nitrogens with one attached hydrogen (secondary N) is 2. The van der Waals surface area contributed by atoms with Crippen LogP contribution < -0.4 is 10.9 Å². The highest BCUT2D eigenvalue weighted by Gasteiger charge is 2.22. The van der Waals surface area contributed by atoms with E-state index >= 15 is 0 Å². The van der Waals surface area contributed by atoms with Gasteiger partial charge in [-0.2, -0.15) is 5.10 Å². The lowest BCUT2D eigenvalue weighted by Gasteiger charge is -2.19. The molecule has 2 heterocycles. The molecule has 0 atom stereocenters. The summed E-state index contributed by atoms with van der Waals surface area (Å²) < 4.78 is 0. The molecule has 2 rings (SSSR count). The molecule has 15 heavy (non-hydrogen) atoms. The number of carbonyl (C=O) groups excluding carboxylic acids is 1. The molecule has 5 heteroatoms. The molecule has 0 aliphatic carbocycles. The van der Waals surface area contributed by atoms with Crippen LogP contribution >= 0.6 is 0 Å². The van der Waals surface area contributed by atoms with Gasteiger partial charge in [-0.1, -0.05) is 13.8 Å². The molecular formula is C10H13N3O2. The Hall–Kier alpha value is -1.65. The third kappa shape index (κ3) is 1.65. The highest BCUT2D eigenvalue weighted by Crippen LogP contribution is 2.19. The summed E-state index contributed by atoms with van der Waals surface area (Å²) in [6.07, 6.45) is 0.160. The van der Waals surface area contributed by atoms with Crippen molar-refractivity contribution in [3.63, 3.8) is 0 Å². The molecule has 0 radical (unpaired) electrons. The zero-order valence-corrected chi connectivity index (χ0v) is 8.76. The Labute approximate surface area is 86.9 Å². The predicted octanol–water partition coefficient (Wildman–Crippen LogP) is 0.0656. The van der Waals surface area contributed by atoms with Gasteiger partial charge in [-0.25, -0.2) is 5.10 Å². The molecule has 0 saturated carbocycles. The van der Waals surface area contributed by atoms with E-state index in [4.69, 9.17) is 0 Å². The Morgan fingerprint density at radius 1 is 1.27 bits per heavy atom. The topological polar surface area (TPSA) is 74.8 Å². The van der Waals surface area contributed by atoms with Gasteiger partial charge >= 0.3 is 0 Å². The molecule has 5 nitrogen and oxygen atoms in total. The van der Waals surface area contributed by atoms with E-state index in [1.807, 2.05) is 13.8 Å². The average molecular weight is 207 g/mol. The summed E-state index contributed by atoms with van der Waals surface area (Å²) in [5.41, 5.74) is 2.07. The fraction of sp³-hybridized carbons (Fsp3) is 0.500. The van der Waals surface area contributed by atoms with Crippen molar-refractivity contribution >= 4 is 5.91 Å². The van der Waals surface area contributed by atoms with Crippen molar-refractivity contribution in [3.05, 3.63) is 27.2 Å². The Morgan fingerprint density at radius 3 is 2.67 bits per heavy atom. The van der Waals surface area contributed by atoms with Crippen molar-refractivity contribution in [1.29, 1.82) is 0 Å². The number of rotatable bonds is 1. The number of nitrogens with zero attached hydrogens (tertiary/aromatic N) is 1. The summed E-state index contributed by atoms with van der Waals surface area (Å²) in [6.45, 7) is 4.44. The highest BCUT2D eigenvalue weighted by molar-refractivity contribution is 5.80. The second-order valence-corrected chi connectivity index (χ2v) is 4.00. The van der Waals surface area contributed by atoms with E-state index in [0.29, 0.717) is 12.1 Å². The van der Waals surface area contributed by atoms with Crippen LogP contribution in [0.3, 0.4) is 0 Å². The molecular weight excluding hydrogens is 194 g/mol. The molecule has 1 amide bonds. The maximum atomic E-state index is 11.5. The van der Waals surface area contributed by atoms with Crippen molar-refractivity contribution < 1.29 is 4.79 Å². The van der Waals surface area contributed by atoms with Crippen molar-refractivity contribution in [2.24, 2.45) is 0 Å². The van der Waals surface area contributed by atoms with Crippen molar-refractivity contribution in [1.82, 2.24) is 15.5 Å². The second-order valence-electron chi connectivity index (χ2n) is 4.00. The van der Waals surface area contributed by atoms with Gasteiger partial charge in [0, 0.05) is 17.7 Å². The number of hydrogen-bond donors (Lipinski definition) is 2. The lowest BCUT2D eigenvalue weighted by atomic mass is 9.96. The smallest absolute Gasteiger partial charge is 0.268 e. The number of hydrogen-bond acceptors (Lipinski definition) is 3. The van der Waals surface area contributed by atoms with Crippen LogP contribution in [0.25, 0.3) is 0 Å². The van der Waals surface area contributed by atoms with Crippen LogP contribution in [0.2, 0.25) is 0 Å². The van der Waals surface area contributed by atoms with E-state index in [-0.39, 0.29) is 23.8 Å². The largest absolute Gasteiger partial charge is 0.352 e. The normalized spacial score (nSPS) is 15.0. The molecule has 0 fully saturated rings. The van der Waals surface area contributed by atoms with Crippen molar-refractivity contribution in [2.45, 2.75) is 32.7 Å². The molecule has 0 unspecified atom stereocenters. The third-order valence-corrected chi connectivity index (χ3v) is 2.57. The van der Waals surface area contributed by atoms with Gasteiger partial charge in [0.15, 0.2) is 0 Å². The molecule has 1 aliphatic heterocycles. The van der Waals surface area contributed by atoms with Gasteiger partial charge < -0.3 is 5.32 Å². The highest BCUT2D eigenvalue weighted by atomic mass is 16.2. The number of fused-ring (bicyclic) bond motifs is 1. The Kier molecular flexibility index (Phi) is 2.30. The summed E-state index contributed by atoms with van der Waals surface area (Å²) in [4.78, 5) is 22.7. The summed E-state index contributed by atoms with van der Waals surface area (Å²) >= 11 is 0. The van der Waals surface area contributed by atoms with Crippen molar-refractivity contribution in [2.75, 3.05) is 0 Å². The summed E-state index contributed by atoms with van der Waals surface area (Å²) in [6, 6.07) is 0. The SMILES string of the molecule is CC(C)c1n[nH]c(=O)c2c1CNC(=O)C2. The number of H-pyrrole nitrogens is 1. The van der Waals surface area contributed by atoms with Gasteiger partial charge in [-0.15, -0.1) is 0 Å². The number of aromatic amines is 1. The lowest BCUT2D eigenvalue weighted by Crippen LogP contribution is -2.36. The van der Waals surface area contributed by atoms with Crippen LogP contribution in [0.5, 0.6) is 0 Å². The maximum absolute atomic E-state index is 11.5. The summed E-state index contributed by atoms with van der Waals surface area (Å²) in [7, 11) is 0.